The Bertz CT molecular complexity index is 908. The van der Waals surface area contributed by atoms with Gasteiger partial charge in [0.1, 0.15) is 24.0 Å². The number of hydrogen-bond donors (Lipinski definition) is 0. The van der Waals surface area contributed by atoms with Crippen molar-refractivity contribution in [3.05, 3.63) is 35.7 Å². The smallest absolute Gasteiger partial charge is 0.140 e. The highest BCUT2D eigenvalue weighted by Crippen LogP contribution is 2.31. The average molecular weight is 391 g/mol. The second-order valence-corrected chi connectivity index (χ2v) is 13.3. The Balaban J connectivity index is 1.97. The molecular formula is C18H23ClN4O2Si. The van der Waals surface area contributed by atoms with Crippen LogP contribution in [0.1, 0.15) is 0 Å². The van der Waals surface area contributed by atoms with E-state index in [1.807, 2.05) is 22.9 Å². The topological polar surface area (TPSA) is 62.1 Å². The van der Waals surface area contributed by atoms with Crippen LogP contribution in [0.5, 0.6) is 5.75 Å². The molecule has 26 heavy (non-hydrogen) atoms. The van der Waals surface area contributed by atoms with E-state index in [2.05, 4.69) is 34.7 Å². The molecule has 0 bridgehead atoms. The monoisotopic (exact) mass is 390 g/mol. The van der Waals surface area contributed by atoms with E-state index in [-0.39, 0.29) is 0 Å². The van der Waals surface area contributed by atoms with Gasteiger partial charge in [0.15, 0.2) is 0 Å². The van der Waals surface area contributed by atoms with Crippen LogP contribution in [0.4, 0.5) is 0 Å². The minimum atomic E-state index is -1.13. The van der Waals surface area contributed by atoms with Gasteiger partial charge in [-0.2, -0.15) is 5.10 Å². The molecule has 0 unspecified atom stereocenters. The van der Waals surface area contributed by atoms with Crippen LogP contribution < -0.4 is 4.74 Å². The molecule has 0 amide bonds. The van der Waals surface area contributed by atoms with Gasteiger partial charge in [0.05, 0.1) is 24.0 Å². The molecule has 2 aromatic heterocycles. The fourth-order valence-electron chi connectivity index (χ4n) is 2.59. The summed E-state index contributed by atoms with van der Waals surface area (Å²) in [4.78, 5) is 8.34. The summed E-state index contributed by atoms with van der Waals surface area (Å²) in [6.07, 6.45) is 1.45. The van der Waals surface area contributed by atoms with Crippen molar-refractivity contribution >= 4 is 30.6 Å². The SMILES string of the molecule is COc1ccc2nn(COCC[Si](C)(C)C)c(-c3cc(Cl)ncn3)c2c1. The third-order valence-corrected chi connectivity index (χ3v) is 5.94. The van der Waals surface area contributed by atoms with E-state index in [4.69, 9.17) is 21.1 Å². The molecule has 3 rings (SSSR count). The summed E-state index contributed by atoms with van der Waals surface area (Å²) in [5, 5.41) is 6.00. The Hall–Kier alpha value is -1.96. The van der Waals surface area contributed by atoms with Gasteiger partial charge >= 0.3 is 0 Å². The highest BCUT2D eigenvalue weighted by molar-refractivity contribution is 6.76. The number of nitrogens with zero attached hydrogens (tertiary/aromatic N) is 4. The van der Waals surface area contributed by atoms with E-state index in [0.717, 1.165) is 35.0 Å². The number of rotatable bonds is 7. The lowest BCUT2D eigenvalue weighted by Crippen LogP contribution is -2.22. The molecule has 1 aromatic carbocycles. The van der Waals surface area contributed by atoms with Crippen LogP contribution in [-0.2, 0) is 11.5 Å². The molecule has 2 heterocycles. The Morgan fingerprint density at radius 3 is 2.65 bits per heavy atom. The first kappa shape index (κ1) is 18.8. The fraction of sp³-hybridized carbons (Fsp3) is 0.389. The lowest BCUT2D eigenvalue weighted by atomic mass is 10.1. The lowest BCUT2D eigenvalue weighted by Gasteiger charge is -2.15. The van der Waals surface area contributed by atoms with Crippen molar-refractivity contribution in [3.63, 3.8) is 0 Å². The van der Waals surface area contributed by atoms with E-state index in [0.29, 0.717) is 17.6 Å². The summed E-state index contributed by atoms with van der Waals surface area (Å²) >= 11 is 6.07. The third-order valence-electron chi connectivity index (χ3n) is 4.03. The first-order valence-corrected chi connectivity index (χ1v) is 12.6. The van der Waals surface area contributed by atoms with Crippen LogP contribution in [0, 0.1) is 0 Å². The van der Waals surface area contributed by atoms with Crippen molar-refractivity contribution in [2.45, 2.75) is 32.4 Å². The second kappa shape index (κ2) is 7.73. The van der Waals surface area contributed by atoms with Crippen molar-refractivity contribution in [1.82, 2.24) is 19.7 Å². The fourth-order valence-corrected chi connectivity index (χ4v) is 3.50. The molecule has 0 aliphatic heterocycles. The quantitative estimate of drug-likeness (QED) is 0.338. The maximum absolute atomic E-state index is 6.07. The van der Waals surface area contributed by atoms with E-state index >= 15 is 0 Å². The molecule has 0 fully saturated rings. The van der Waals surface area contributed by atoms with E-state index < -0.39 is 8.07 Å². The van der Waals surface area contributed by atoms with Crippen molar-refractivity contribution in [1.29, 1.82) is 0 Å². The zero-order valence-corrected chi connectivity index (χ0v) is 17.2. The number of methoxy groups -OCH3 is 1. The first-order chi connectivity index (χ1) is 12.4. The van der Waals surface area contributed by atoms with Gasteiger partial charge in [-0.25, -0.2) is 14.6 Å². The summed E-state index contributed by atoms with van der Waals surface area (Å²) in [6, 6.07) is 8.61. The number of aromatic nitrogens is 4. The highest BCUT2D eigenvalue weighted by Gasteiger charge is 2.17. The summed E-state index contributed by atoms with van der Waals surface area (Å²) in [6.45, 7) is 8.08. The van der Waals surface area contributed by atoms with Gasteiger partial charge in [0.2, 0.25) is 0 Å². The standard InChI is InChI=1S/C18H23ClN4O2Si/c1-24-13-5-6-15-14(9-13)18(16-10-17(19)21-11-20-16)23(22-15)12-25-7-8-26(2,3)4/h5-6,9-11H,7-8,12H2,1-4H3. The van der Waals surface area contributed by atoms with Gasteiger partial charge in [-0.05, 0) is 24.2 Å². The maximum atomic E-state index is 6.07. The summed E-state index contributed by atoms with van der Waals surface area (Å²) in [5.74, 6) is 0.762. The molecule has 8 heteroatoms. The Labute approximate surface area is 159 Å². The van der Waals surface area contributed by atoms with Crippen molar-refractivity contribution in [2.75, 3.05) is 13.7 Å². The van der Waals surface area contributed by atoms with Gasteiger partial charge < -0.3 is 9.47 Å². The molecule has 0 aliphatic rings. The normalized spacial score (nSPS) is 11.9. The van der Waals surface area contributed by atoms with E-state index in [9.17, 15) is 0 Å². The highest BCUT2D eigenvalue weighted by atomic mass is 35.5. The molecule has 0 spiro atoms. The van der Waals surface area contributed by atoms with Crippen LogP contribution in [0.2, 0.25) is 30.8 Å². The molecule has 0 aliphatic carbocycles. The van der Waals surface area contributed by atoms with Crippen molar-refractivity contribution in [2.24, 2.45) is 0 Å². The average Bonchev–Trinajstić information content (AvgIpc) is 2.95. The van der Waals surface area contributed by atoms with Crippen molar-refractivity contribution in [3.8, 4) is 17.1 Å². The van der Waals surface area contributed by atoms with Gasteiger partial charge in [-0.15, -0.1) is 0 Å². The van der Waals surface area contributed by atoms with Gasteiger partial charge in [0.25, 0.3) is 0 Å². The zero-order valence-electron chi connectivity index (χ0n) is 15.5. The molecule has 6 nitrogen and oxygen atoms in total. The molecule has 138 valence electrons. The Morgan fingerprint density at radius 2 is 1.96 bits per heavy atom. The second-order valence-electron chi connectivity index (χ2n) is 7.31. The number of ether oxygens (including phenoxy) is 2. The van der Waals surface area contributed by atoms with Crippen LogP contribution in [0.3, 0.4) is 0 Å². The van der Waals surface area contributed by atoms with Gasteiger partial charge in [0, 0.05) is 26.1 Å². The Morgan fingerprint density at radius 1 is 1.15 bits per heavy atom. The van der Waals surface area contributed by atoms with Crippen LogP contribution >= 0.6 is 11.6 Å². The summed E-state index contributed by atoms with van der Waals surface area (Å²) in [5.41, 5.74) is 2.40. The minimum absolute atomic E-state index is 0.360. The molecule has 0 radical (unpaired) electrons. The number of hydrogen-bond acceptors (Lipinski definition) is 5. The number of halogens is 1. The van der Waals surface area contributed by atoms with Crippen molar-refractivity contribution < 1.29 is 9.47 Å². The summed E-state index contributed by atoms with van der Waals surface area (Å²) < 4.78 is 13.1. The maximum Gasteiger partial charge on any atom is 0.140 e. The van der Waals surface area contributed by atoms with Crippen LogP contribution in [-0.4, -0.2) is 41.5 Å². The molecule has 0 saturated heterocycles. The number of benzene rings is 1. The van der Waals surface area contributed by atoms with E-state index in [1.165, 1.54) is 6.33 Å². The van der Waals surface area contributed by atoms with Crippen LogP contribution in [0.25, 0.3) is 22.3 Å². The first-order valence-electron chi connectivity index (χ1n) is 8.47. The number of fused-ring (bicyclic) bond motifs is 1. The molecular weight excluding hydrogens is 368 g/mol. The molecule has 0 saturated carbocycles. The van der Waals surface area contributed by atoms with Gasteiger partial charge in [-0.3, -0.25) is 0 Å². The summed E-state index contributed by atoms with van der Waals surface area (Å²) in [7, 11) is 0.511. The third kappa shape index (κ3) is 4.41. The minimum Gasteiger partial charge on any atom is -0.497 e. The van der Waals surface area contributed by atoms with Crippen LogP contribution in [0.15, 0.2) is 30.6 Å². The zero-order chi connectivity index (χ0) is 18.7. The Kier molecular flexibility index (Phi) is 5.60. The molecule has 0 atom stereocenters. The van der Waals surface area contributed by atoms with Gasteiger partial charge in [-0.1, -0.05) is 31.2 Å². The largest absolute Gasteiger partial charge is 0.497 e. The predicted molar refractivity (Wildman–Crippen MR) is 106 cm³/mol. The lowest BCUT2D eigenvalue weighted by molar-refractivity contribution is 0.0802. The molecule has 3 aromatic rings. The predicted octanol–water partition coefficient (Wildman–Crippen LogP) is 4.47. The molecule has 0 N–H and O–H groups in total. The van der Waals surface area contributed by atoms with E-state index in [1.54, 1.807) is 13.2 Å².